The quantitative estimate of drug-likeness (QED) is 0.763. The van der Waals surface area contributed by atoms with Crippen molar-refractivity contribution < 1.29 is 18.3 Å². The van der Waals surface area contributed by atoms with Crippen LogP contribution in [0.5, 0.6) is 0 Å². The lowest BCUT2D eigenvalue weighted by molar-refractivity contribution is 0.0759. The molecule has 1 amide bonds. The summed E-state index contributed by atoms with van der Waals surface area (Å²) in [6, 6.07) is 1.25. The van der Waals surface area contributed by atoms with Crippen LogP contribution in [-0.2, 0) is 17.1 Å². The second-order valence-electron chi connectivity index (χ2n) is 4.58. The van der Waals surface area contributed by atoms with Crippen LogP contribution in [0.4, 0.5) is 0 Å². The first-order valence-electron chi connectivity index (χ1n) is 5.75. The molecular formula is C11H19N3O4S. The van der Waals surface area contributed by atoms with E-state index in [9.17, 15) is 18.3 Å². The Morgan fingerprint density at radius 3 is 2.58 bits per heavy atom. The van der Waals surface area contributed by atoms with Gasteiger partial charge in [-0.2, -0.15) is 0 Å². The van der Waals surface area contributed by atoms with E-state index in [0.29, 0.717) is 13.0 Å². The van der Waals surface area contributed by atoms with Crippen LogP contribution in [0.3, 0.4) is 0 Å². The fourth-order valence-electron chi connectivity index (χ4n) is 1.58. The van der Waals surface area contributed by atoms with Crippen LogP contribution >= 0.6 is 0 Å². The summed E-state index contributed by atoms with van der Waals surface area (Å²) in [4.78, 5) is 13.4. The summed E-state index contributed by atoms with van der Waals surface area (Å²) in [5.41, 5.74) is 0.233. The number of amides is 1. The van der Waals surface area contributed by atoms with Gasteiger partial charge in [-0.05, 0) is 19.4 Å². The zero-order valence-electron chi connectivity index (χ0n) is 11.2. The maximum Gasteiger partial charge on any atom is 0.270 e. The van der Waals surface area contributed by atoms with Gasteiger partial charge in [-0.15, -0.1) is 0 Å². The maximum atomic E-state index is 12.1. The van der Waals surface area contributed by atoms with Crippen LogP contribution in [-0.4, -0.2) is 48.6 Å². The molecule has 19 heavy (non-hydrogen) atoms. The summed E-state index contributed by atoms with van der Waals surface area (Å²) in [5.74, 6) is -0.321. The number of carbonyl (C=O) groups excluding carboxylic acids is 1. The van der Waals surface area contributed by atoms with Crippen molar-refractivity contribution in [3.8, 4) is 0 Å². The van der Waals surface area contributed by atoms with E-state index >= 15 is 0 Å². The number of hydrogen-bond donors (Lipinski definition) is 2. The van der Waals surface area contributed by atoms with Crippen LogP contribution in [0.15, 0.2) is 17.2 Å². The average Bonchev–Trinajstić information content (AvgIpc) is 2.66. The van der Waals surface area contributed by atoms with E-state index in [4.69, 9.17) is 5.14 Å². The summed E-state index contributed by atoms with van der Waals surface area (Å²) in [7, 11) is -0.656. The summed E-state index contributed by atoms with van der Waals surface area (Å²) >= 11 is 0. The summed E-state index contributed by atoms with van der Waals surface area (Å²) in [6.07, 6.45) is 1.25. The van der Waals surface area contributed by atoms with Gasteiger partial charge >= 0.3 is 0 Å². The normalized spacial score (nSPS) is 13.3. The Morgan fingerprint density at radius 1 is 1.58 bits per heavy atom. The standard InChI is InChI=1S/C11H19N3O4S/c1-8(15)4-5-13(2)11(16)10-6-9(7-14(10)3)19(12,17)18/h6-8,15H,4-5H2,1-3H3,(H2,12,17,18). The zero-order chi connectivity index (χ0) is 14.8. The predicted octanol–water partition coefficient (Wildman–Crippen LogP) is -0.485. The molecule has 0 saturated heterocycles. The lowest BCUT2D eigenvalue weighted by Crippen LogP contribution is -2.30. The summed E-state index contributed by atoms with van der Waals surface area (Å²) in [6.45, 7) is 2.02. The van der Waals surface area contributed by atoms with E-state index in [-0.39, 0.29) is 16.5 Å². The Balaban J connectivity index is 2.91. The third-order valence-electron chi connectivity index (χ3n) is 2.76. The van der Waals surface area contributed by atoms with Gasteiger partial charge in [0, 0.05) is 26.8 Å². The first-order valence-corrected chi connectivity index (χ1v) is 7.30. The number of aryl methyl sites for hydroxylation is 1. The molecule has 7 nitrogen and oxygen atoms in total. The van der Waals surface area contributed by atoms with Crippen molar-refractivity contribution in [2.75, 3.05) is 13.6 Å². The van der Waals surface area contributed by atoms with Gasteiger partial charge in [-0.25, -0.2) is 13.6 Å². The molecule has 0 radical (unpaired) electrons. The van der Waals surface area contributed by atoms with E-state index < -0.39 is 16.1 Å². The Kier molecular flexibility index (Phi) is 4.72. The average molecular weight is 289 g/mol. The fraction of sp³-hybridized carbons (Fsp3) is 0.545. The molecule has 0 bridgehead atoms. The molecular weight excluding hydrogens is 270 g/mol. The SMILES string of the molecule is CC(O)CCN(C)C(=O)c1cc(S(N)(=O)=O)cn1C. The number of nitrogens with two attached hydrogens (primary N) is 1. The van der Waals surface area contributed by atoms with Crippen molar-refractivity contribution in [2.24, 2.45) is 12.2 Å². The van der Waals surface area contributed by atoms with Gasteiger partial charge in [-0.3, -0.25) is 4.79 Å². The van der Waals surface area contributed by atoms with Gasteiger partial charge in [0.25, 0.3) is 5.91 Å². The molecule has 3 N–H and O–H groups in total. The molecule has 1 atom stereocenters. The van der Waals surface area contributed by atoms with Crippen molar-refractivity contribution in [2.45, 2.75) is 24.3 Å². The first-order chi connectivity index (χ1) is 8.62. The smallest absolute Gasteiger partial charge is 0.270 e. The fourth-order valence-corrected chi connectivity index (χ4v) is 2.16. The molecule has 8 heteroatoms. The largest absolute Gasteiger partial charge is 0.393 e. The van der Waals surface area contributed by atoms with Gasteiger partial charge in [0.15, 0.2) is 0 Å². The van der Waals surface area contributed by atoms with Crippen LogP contribution in [0, 0.1) is 0 Å². The highest BCUT2D eigenvalue weighted by atomic mass is 32.2. The van der Waals surface area contributed by atoms with Crippen molar-refractivity contribution >= 4 is 15.9 Å². The van der Waals surface area contributed by atoms with Crippen molar-refractivity contribution in [3.05, 3.63) is 18.0 Å². The number of carbonyl (C=O) groups is 1. The molecule has 0 aromatic carbocycles. The topological polar surface area (TPSA) is 106 Å². The summed E-state index contributed by atoms with van der Waals surface area (Å²) < 4.78 is 23.8. The molecule has 0 saturated carbocycles. The van der Waals surface area contributed by atoms with Crippen molar-refractivity contribution in [3.63, 3.8) is 0 Å². The number of hydrogen-bond acceptors (Lipinski definition) is 4. The molecule has 1 aromatic rings. The number of primary sulfonamides is 1. The monoisotopic (exact) mass is 289 g/mol. The maximum absolute atomic E-state index is 12.1. The first kappa shape index (κ1) is 15.7. The number of aromatic nitrogens is 1. The van der Waals surface area contributed by atoms with Crippen LogP contribution in [0.1, 0.15) is 23.8 Å². The minimum atomic E-state index is -3.82. The molecule has 0 aliphatic rings. The zero-order valence-corrected chi connectivity index (χ0v) is 12.0. The number of aliphatic hydroxyl groups is 1. The van der Waals surface area contributed by atoms with E-state index in [1.165, 1.54) is 21.7 Å². The summed E-state index contributed by atoms with van der Waals surface area (Å²) in [5, 5.41) is 14.2. The molecule has 1 rings (SSSR count). The van der Waals surface area contributed by atoms with Gasteiger partial charge in [-0.1, -0.05) is 0 Å². The lowest BCUT2D eigenvalue weighted by Gasteiger charge is -2.18. The van der Waals surface area contributed by atoms with E-state index in [1.807, 2.05) is 0 Å². The molecule has 1 aromatic heterocycles. The van der Waals surface area contributed by atoms with Crippen LogP contribution in [0.2, 0.25) is 0 Å². The van der Waals surface area contributed by atoms with Gasteiger partial charge < -0.3 is 14.6 Å². The molecule has 0 spiro atoms. The molecule has 0 fully saturated rings. The Bertz CT molecular complexity index is 562. The molecule has 1 heterocycles. The number of sulfonamides is 1. The van der Waals surface area contributed by atoms with Crippen molar-refractivity contribution in [1.82, 2.24) is 9.47 Å². The van der Waals surface area contributed by atoms with Crippen LogP contribution in [0.25, 0.3) is 0 Å². The van der Waals surface area contributed by atoms with Crippen LogP contribution < -0.4 is 5.14 Å². The van der Waals surface area contributed by atoms with E-state index in [1.54, 1.807) is 21.0 Å². The minimum absolute atomic E-state index is 0.0951. The van der Waals surface area contributed by atoms with Crippen molar-refractivity contribution in [1.29, 1.82) is 0 Å². The molecule has 1 unspecified atom stereocenters. The van der Waals surface area contributed by atoms with Gasteiger partial charge in [0.1, 0.15) is 10.6 Å². The molecule has 0 aliphatic carbocycles. The van der Waals surface area contributed by atoms with Gasteiger partial charge in [0.05, 0.1) is 6.10 Å². The highest BCUT2D eigenvalue weighted by molar-refractivity contribution is 7.89. The second-order valence-corrected chi connectivity index (χ2v) is 6.14. The third kappa shape index (κ3) is 4.05. The lowest BCUT2D eigenvalue weighted by atomic mass is 10.2. The Hall–Kier alpha value is -1.38. The Morgan fingerprint density at radius 2 is 2.16 bits per heavy atom. The molecule has 108 valence electrons. The highest BCUT2D eigenvalue weighted by Gasteiger charge is 2.20. The highest BCUT2D eigenvalue weighted by Crippen LogP contribution is 2.13. The minimum Gasteiger partial charge on any atom is -0.393 e. The Labute approximate surface area is 112 Å². The predicted molar refractivity (Wildman–Crippen MR) is 70.0 cm³/mol. The number of rotatable bonds is 5. The van der Waals surface area contributed by atoms with E-state index in [2.05, 4.69) is 0 Å². The second kappa shape index (κ2) is 5.72. The van der Waals surface area contributed by atoms with Gasteiger partial charge in [0.2, 0.25) is 10.0 Å². The number of nitrogens with zero attached hydrogens (tertiary/aromatic N) is 2. The van der Waals surface area contributed by atoms with E-state index in [0.717, 1.165) is 0 Å². The molecule has 0 aliphatic heterocycles. The third-order valence-corrected chi connectivity index (χ3v) is 3.64. The number of aliphatic hydroxyl groups excluding tert-OH is 1.